The first-order valence-corrected chi connectivity index (χ1v) is 9.16. The van der Waals surface area contributed by atoms with E-state index in [0.717, 1.165) is 36.7 Å². The van der Waals surface area contributed by atoms with E-state index in [1.54, 1.807) is 13.4 Å². The number of nitrogens with zero attached hydrogens (tertiary/aromatic N) is 6. The summed E-state index contributed by atoms with van der Waals surface area (Å²) in [7, 11) is 3.74. The molecule has 0 aromatic carbocycles. The second kappa shape index (κ2) is 6.79. The van der Waals surface area contributed by atoms with E-state index in [9.17, 15) is 0 Å². The molecule has 7 nitrogen and oxygen atoms in total. The predicted molar refractivity (Wildman–Crippen MR) is 99.1 cm³/mol. The number of ether oxygens (including phenoxy) is 1. The number of anilines is 1. The fourth-order valence-electron chi connectivity index (χ4n) is 4.32. The third kappa shape index (κ3) is 3.35. The highest BCUT2D eigenvalue weighted by atomic mass is 16.5. The normalized spacial score (nSPS) is 25.3. The summed E-state index contributed by atoms with van der Waals surface area (Å²) in [6.07, 6.45) is 9.14. The Morgan fingerprint density at radius 3 is 2.69 bits per heavy atom. The van der Waals surface area contributed by atoms with Gasteiger partial charge in [-0.25, -0.2) is 19.9 Å². The third-order valence-corrected chi connectivity index (χ3v) is 5.82. The van der Waals surface area contributed by atoms with E-state index in [1.165, 1.54) is 19.3 Å². The SMILES string of the molecule is COc1ncc(CN2CCC3(CC(N(C)c4cc(C)ncn4)C3)C2)cn1. The van der Waals surface area contributed by atoms with E-state index in [-0.39, 0.29) is 0 Å². The van der Waals surface area contributed by atoms with Crippen molar-refractivity contribution in [3.63, 3.8) is 0 Å². The van der Waals surface area contributed by atoms with Gasteiger partial charge in [0.1, 0.15) is 12.1 Å². The largest absolute Gasteiger partial charge is 0.467 e. The number of aromatic nitrogens is 4. The Bertz CT molecular complexity index is 759. The van der Waals surface area contributed by atoms with Crippen molar-refractivity contribution < 1.29 is 4.74 Å². The smallest absolute Gasteiger partial charge is 0.316 e. The summed E-state index contributed by atoms with van der Waals surface area (Å²) in [4.78, 5) is 21.9. The molecule has 7 heteroatoms. The second-order valence-electron chi connectivity index (χ2n) is 7.73. The maximum atomic E-state index is 5.03. The lowest BCUT2D eigenvalue weighted by Gasteiger charge is -2.49. The van der Waals surface area contributed by atoms with Crippen molar-refractivity contribution in [2.45, 2.75) is 38.8 Å². The topological polar surface area (TPSA) is 67.3 Å². The van der Waals surface area contributed by atoms with Crippen molar-refractivity contribution in [1.29, 1.82) is 0 Å². The van der Waals surface area contributed by atoms with Crippen molar-refractivity contribution in [3.8, 4) is 6.01 Å². The van der Waals surface area contributed by atoms with Gasteiger partial charge in [-0.3, -0.25) is 4.90 Å². The predicted octanol–water partition coefficient (Wildman–Crippen LogP) is 2.07. The second-order valence-corrected chi connectivity index (χ2v) is 7.73. The standard InChI is InChI=1S/C19H26N6O/c1-14-6-17(23-13-22-14)24(2)16-7-19(8-16)4-5-25(12-19)11-15-9-20-18(26-3)21-10-15/h6,9-10,13,16H,4-5,7-8,11-12H2,1-3H3. The minimum absolute atomic E-state index is 0.427. The fraction of sp³-hybridized carbons (Fsp3) is 0.579. The zero-order valence-corrected chi connectivity index (χ0v) is 15.7. The van der Waals surface area contributed by atoms with Gasteiger partial charge in [-0.2, -0.15) is 0 Å². The molecule has 138 valence electrons. The molecular formula is C19H26N6O. The molecule has 26 heavy (non-hydrogen) atoms. The van der Waals surface area contributed by atoms with Gasteiger partial charge in [0.2, 0.25) is 0 Å². The summed E-state index contributed by atoms with van der Waals surface area (Å²) < 4.78 is 5.03. The van der Waals surface area contributed by atoms with Crippen molar-refractivity contribution in [3.05, 3.63) is 36.0 Å². The van der Waals surface area contributed by atoms with Crippen LogP contribution in [0.1, 0.15) is 30.5 Å². The molecule has 1 aliphatic carbocycles. The molecule has 2 fully saturated rings. The van der Waals surface area contributed by atoms with Crippen LogP contribution in [0.4, 0.5) is 5.82 Å². The van der Waals surface area contributed by atoms with Crippen LogP contribution in [0.25, 0.3) is 0 Å². The van der Waals surface area contributed by atoms with E-state index in [4.69, 9.17) is 4.74 Å². The first-order valence-electron chi connectivity index (χ1n) is 9.16. The molecule has 1 spiro atoms. The van der Waals surface area contributed by atoms with Gasteiger partial charge in [-0.15, -0.1) is 0 Å². The summed E-state index contributed by atoms with van der Waals surface area (Å²) in [6.45, 7) is 5.23. The van der Waals surface area contributed by atoms with Gasteiger partial charge >= 0.3 is 6.01 Å². The summed E-state index contributed by atoms with van der Waals surface area (Å²) in [5.74, 6) is 1.03. The Morgan fingerprint density at radius 2 is 2.00 bits per heavy atom. The molecular weight excluding hydrogens is 328 g/mol. The van der Waals surface area contributed by atoms with E-state index in [0.29, 0.717) is 17.5 Å². The van der Waals surface area contributed by atoms with Crippen molar-refractivity contribution in [1.82, 2.24) is 24.8 Å². The molecule has 0 atom stereocenters. The van der Waals surface area contributed by atoms with Gasteiger partial charge < -0.3 is 9.64 Å². The molecule has 1 saturated heterocycles. The zero-order valence-electron chi connectivity index (χ0n) is 15.7. The Morgan fingerprint density at radius 1 is 1.23 bits per heavy atom. The zero-order chi connectivity index (χ0) is 18.1. The van der Waals surface area contributed by atoms with Gasteiger partial charge in [-0.1, -0.05) is 0 Å². The van der Waals surface area contributed by atoms with Crippen molar-refractivity contribution in [2.24, 2.45) is 5.41 Å². The Balaban J connectivity index is 1.32. The van der Waals surface area contributed by atoms with Crippen LogP contribution in [0, 0.1) is 12.3 Å². The molecule has 0 N–H and O–H groups in total. The van der Waals surface area contributed by atoms with Crippen LogP contribution < -0.4 is 9.64 Å². The molecule has 3 heterocycles. The lowest BCUT2D eigenvalue weighted by atomic mass is 9.64. The molecule has 0 radical (unpaired) electrons. The number of hydrogen-bond acceptors (Lipinski definition) is 7. The molecule has 0 unspecified atom stereocenters. The minimum atomic E-state index is 0.427. The molecule has 4 rings (SSSR count). The highest BCUT2D eigenvalue weighted by Crippen LogP contribution is 2.50. The average molecular weight is 354 g/mol. The highest BCUT2D eigenvalue weighted by molar-refractivity contribution is 5.40. The molecule has 1 saturated carbocycles. The minimum Gasteiger partial charge on any atom is -0.467 e. The van der Waals surface area contributed by atoms with Crippen LogP contribution >= 0.6 is 0 Å². The van der Waals surface area contributed by atoms with Crippen LogP contribution in [0.2, 0.25) is 0 Å². The maximum Gasteiger partial charge on any atom is 0.316 e. The molecule has 2 aliphatic rings. The number of aryl methyl sites for hydroxylation is 1. The number of methoxy groups -OCH3 is 1. The molecule has 0 bridgehead atoms. The van der Waals surface area contributed by atoms with E-state index < -0.39 is 0 Å². The number of hydrogen-bond donors (Lipinski definition) is 0. The van der Waals surface area contributed by atoms with Crippen LogP contribution in [0.15, 0.2) is 24.8 Å². The summed E-state index contributed by atoms with van der Waals surface area (Å²) in [5.41, 5.74) is 2.63. The Hall–Kier alpha value is -2.28. The number of likely N-dealkylation sites (tertiary alicyclic amines) is 1. The Labute approximate surface area is 154 Å². The van der Waals surface area contributed by atoms with Gasteiger partial charge in [0, 0.05) is 55.9 Å². The molecule has 2 aromatic rings. The van der Waals surface area contributed by atoms with Crippen LogP contribution in [0.5, 0.6) is 6.01 Å². The van der Waals surface area contributed by atoms with Crippen LogP contribution in [-0.4, -0.2) is 58.1 Å². The van der Waals surface area contributed by atoms with Crippen molar-refractivity contribution >= 4 is 5.82 Å². The molecule has 1 aliphatic heterocycles. The third-order valence-electron chi connectivity index (χ3n) is 5.82. The monoisotopic (exact) mass is 354 g/mol. The van der Waals surface area contributed by atoms with E-state index >= 15 is 0 Å². The lowest BCUT2D eigenvalue weighted by molar-refractivity contribution is 0.107. The van der Waals surface area contributed by atoms with Crippen LogP contribution in [0.3, 0.4) is 0 Å². The first-order chi connectivity index (χ1) is 12.6. The Kier molecular flexibility index (Phi) is 4.48. The van der Waals surface area contributed by atoms with Gasteiger partial charge in [0.05, 0.1) is 7.11 Å². The molecule has 0 amide bonds. The van der Waals surface area contributed by atoms with Crippen molar-refractivity contribution in [2.75, 3.05) is 32.1 Å². The van der Waals surface area contributed by atoms with E-state index in [2.05, 4.69) is 42.8 Å². The molecule has 2 aromatic heterocycles. The highest BCUT2D eigenvalue weighted by Gasteiger charge is 2.49. The first kappa shape index (κ1) is 17.1. The summed E-state index contributed by atoms with van der Waals surface area (Å²) in [6, 6.07) is 3.07. The van der Waals surface area contributed by atoms with Gasteiger partial charge in [0.25, 0.3) is 0 Å². The summed E-state index contributed by atoms with van der Waals surface area (Å²) >= 11 is 0. The quantitative estimate of drug-likeness (QED) is 0.814. The average Bonchev–Trinajstić information content (AvgIpc) is 3.05. The lowest BCUT2D eigenvalue weighted by Crippen LogP contribution is -2.51. The van der Waals surface area contributed by atoms with Gasteiger partial charge in [-0.05, 0) is 38.1 Å². The maximum absolute atomic E-state index is 5.03. The number of rotatable bonds is 5. The fourth-order valence-corrected chi connectivity index (χ4v) is 4.32. The van der Waals surface area contributed by atoms with E-state index in [1.807, 2.05) is 19.3 Å². The summed E-state index contributed by atoms with van der Waals surface area (Å²) in [5, 5.41) is 0. The van der Waals surface area contributed by atoms with Gasteiger partial charge in [0.15, 0.2) is 0 Å². The van der Waals surface area contributed by atoms with Crippen LogP contribution in [-0.2, 0) is 6.54 Å².